The molecule has 0 aliphatic heterocycles. The largest absolute Gasteiger partial charge is 0.328 e. The van der Waals surface area contributed by atoms with Crippen LogP contribution in [0.3, 0.4) is 0 Å². The minimum Gasteiger partial charge on any atom is -0.328 e. The molecule has 1 aliphatic carbocycles. The van der Waals surface area contributed by atoms with Gasteiger partial charge in [0.05, 0.1) is 5.54 Å². The molecule has 0 unspecified atom stereocenters. The summed E-state index contributed by atoms with van der Waals surface area (Å²) in [4.78, 5) is 14.2. The summed E-state index contributed by atoms with van der Waals surface area (Å²) < 4.78 is 0. The predicted molar refractivity (Wildman–Crippen MR) is 88.5 cm³/mol. The standard InChI is InChI=1S/C19H22N2O/c1-15-8-10-17(11-9-15)19(12-13-19)20-18(22)21(2)14-16-6-4-3-5-7-16/h3-11H,12-14H2,1-2H3,(H,20,22). The van der Waals surface area contributed by atoms with Crippen molar-refractivity contribution in [2.75, 3.05) is 7.05 Å². The molecule has 3 heteroatoms. The fourth-order valence-electron chi connectivity index (χ4n) is 2.71. The lowest BCUT2D eigenvalue weighted by Gasteiger charge is -2.24. The Bertz CT molecular complexity index is 645. The first-order valence-electron chi connectivity index (χ1n) is 7.73. The van der Waals surface area contributed by atoms with Gasteiger partial charge in [-0.15, -0.1) is 0 Å². The fourth-order valence-corrected chi connectivity index (χ4v) is 2.71. The molecule has 3 rings (SSSR count). The molecule has 114 valence electrons. The second kappa shape index (κ2) is 5.84. The van der Waals surface area contributed by atoms with Gasteiger partial charge >= 0.3 is 6.03 Å². The number of aryl methyl sites for hydroxylation is 1. The summed E-state index contributed by atoms with van der Waals surface area (Å²) in [6, 6.07) is 18.5. The molecule has 0 bridgehead atoms. The zero-order chi connectivity index (χ0) is 15.6. The third-order valence-electron chi connectivity index (χ3n) is 4.31. The van der Waals surface area contributed by atoms with Crippen molar-refractivity contribution in [1.82, 2.24) is 10.2 Å². The molecule has 0 atom stereocenters. The average Bonchev–Trinajstić information content (AvgIpc) is 3.29. The molecule has 1 aliphatic rings. The Morgan fingerprint density at radius 3 is 2.32 bits per heavy atom. The van der Waals surface area contributed by atoms with Crippen LogP contribution in [0.2, 0.25) is 0 Å². The number of benzene rings is 2. The van der Waals surface area contributed by atoms with E-state index in [1.807, 2.05) is 37.4 Å². The number of carbonyl (C=O) groups excluding carboxylic acids is 1. The van der Waals surface area contributed by atoms with E-state index in [-0.39, 0.29) is 11.6 Å². The van der Waals surface area contributed by atoms with Crippen LogP contribution in [0.4, 0.5) is 4.79 Å². The van der Waals surface area contributed by atoms with Crippen LogP contribution in [0, 0.1) is 6.92 Å². The highest BCUT2D eigenvalue weighted by Gasteiger charge is 2.46. The van der Waals surface area contributed by atoms with Gasteiger partial charge in [0.1, 0.15) is 0 Å². The molecule has 0 aromatic heterocycles. The number of nitrogens with one attached hydrogen (secondary N) is 1. The van der Waals surface area contributed by atoms with E-state index in [1.165, 1.54) is 11.1 Å². The van der Waals surface area contributed by atoms with Crippen molar-refractivity contribution in [2.45, 2.75) is 31.8 Å². The van der Waals surface area contributed by atoms with Gasteiger partial charge in [-0.05, 0) is 30.9 Å². The topological polar surface area (TPSA) is 32.3 Å². The molecule has 0 radical (unpaired) electrons. The number of hydrogen-bond acceptors (Lipinski definition) is 1. The molecule has 1 saturated carbocycles. The number of urea groups is 1. The molecule has 0 spiro atoms. The van der Waals surface area contributed by atoms with Crippen LogP contribution < -0.4 is 5.32 Å². The lowest BCUT2D eigenvalue weighted by atomic mass is 10.0. The average molecular weight is 294 g/mol. The second-order valence-electron chi connectivity index (χ2n) is 6.22. The summed E-state index contributed by atoms with van der Waals surface area (Å²) in [5.74, 6) is 0. The molecule has 1 fully saturated rings. The molecular weight excluding hydrogens is 272 g/mol. The Hall–Kier alpha value is -2.29. The predicted octanol–water partition coefficient (Wildman–Crippen LogP) is 3.83. The highest BCUT2D eigenvalue weighted by Crippen LogP contribution is 2.45. The van der Waals surface area contributed by atoms with Crippen LogP contribution in [0.5, 0.6) is 0 Å². The Morgan fingerprint density at radius 1 is 1.09 bits per heavy atom. The van der Waals surface area contributed by atoms with E-state index in [0.29, 0.717) is 6.54 Å². The molecular formula is C19H22N2O. The molecule has 0 heterocycles. The quantitative estimate of drug-likeness (QED) is 0.913. The summed E-state index contributed by atoms with van der Waals surface area (Å²) in [6.07, 6.45) is 2.03. The maximum absolute atomic E-state index is 12.5. The lowest BCUT2D eigenvalue weighted by Crippen LogP contribution is -2.42. The van der Waals surface area contributed by atoms with Gasteiger partial charge in [-0.1, -0.05) is 60.2 Å². The Labute approximate surface area is 132 Å². The third-order valence-corrected chi connectivity index (χ3v) is 4.31. The van der Waals surface area contributed by atoms with E-state index in [2.05, 4.69) is 36.5 Å². The van der Waals surface area contributed by atoms with Crippen LogP contribution in [0.1, 0.15) is 29.5 Å². The summed E-state index contributed by atoms with van der Waals surface area (Å²) in [7, 11) is 1.84. The smallest absolute Gasteiger partial charge is 0.318 e. The number of carbonyl (C=O) groups is 1. The number of hydrogen-bond donors (Lipinski definition) is 1. The first-order chi connectivity index (χ1) is 10.6. The van der Waals surface area contributed by atoms with E-state index in [1.54, 1.807) is 4.90 Å². The first kappa shape index (κ1) is 14.6. The van der Waals surface area contributed by atoms with Gasteiger partial charge in [-0.2, -0.15) is 0 Å². The van der Waals surface area contributed by atoms with Crippen molar-refractivity contribution >= 4 is 6.03 Å². The first-order valence-corrected chi connectivity index (χ1v) is 7.73. The fraction of sp³-hybridized carbons (Fsp3) is 0.316. The van der Waals surface area contributed by atoms with Gasteiger partial charge in [0.2, 0.25) is 0 Å². The van der Waals surface area contributed by atoms with E-state index >= 15 is 0 Å². The number of amides is 2. The van der Waals surface area contributed by atoms with Gasteiger partial charge in [0, 0.05) is 13.6 Å². The van der Waals surface area contributed by atoms with Gasteiger partial charge in [-0.25, -0.2) is 4.79 Å². The zero-order valence-electron chi connectivity index (χ0n) is 13.2. The van der Waals surface area contributed by atoms with Gasteiger partial charge in [-0.3, -0.25) is 0 Å². The minimum absolute atomic E-state index is 0.0121. The summed E-state index contributed by atoms with van der Waals surface area (Å²) >= 11 is 0. The summed E-state index contributed by atoms with van der Waals surface area (Å²) in [5.41, 5.74) is 3.43. The Kier molecular flexibility index (Phi) is 3.88. The number of rotatable bonds is 4. The minimum atomic E-state index is -0.157. The maximum Gasteiger partial charge on any atom is 0.318 e. The molecule has 1 N–H and O–H groups in total. The van der Waals surface area contributed by atoms with Crippen LogP contribution in [0.25, 0.3) is 0 Å². The van der Waals surface area contributed by atoms with E-state index in [4.69, 9.17) is 0 Å². The van der Waals surface area contributed by atoms with Gasteiger partial charge in [0.25, 0.3) is 0 Å². The van der Waals surface area contributed by atoms with Crippen molar-refractivity contribution in [3.8, 4) is 0 Å². The maximum atomic E-state index is 12.5. The monoisotopic (exact) mass is 294 g/mol. The van der Waals surface area contributed by atoms with Crippen LogP contribution in [-0.4, -0.2) is 18.0 Å². The molecule has 22 heavy (non-hydrogen) atoms. The lowest BCUT2D eigenvalue weighted by molar-refractivity contribution is 0.201. The molecule has 2 aromatic carbocycles. The molecule has 3 nitrogen and oxygen atoms in total. The highest BCUT2D eigenvalue weighted by atomic mass is 16.2. The second-order valence-corrected chi connectivity index (χ2v) is 6.22. The Morgan fingerprint density at radius 2 is 1.73 bits per heavy atom. The highest BCUT2D eigenvalue weighted by molar-refractivity contribution is 5.75. The van der Waals surface area contributed by atoms with Crippen LogP contribution in [0.15, 0.2) is 54.6 Å². The van der Waals surface area contributed by atoms with Crippen LogP contribution >= 0.6 is 0 Å². The van der Waals surface area contributed by atoms with Crippen molar-refractivity contribution in [2.24, 2.45) is 0 Å². The van der Waals surface area contributed by atoms with E-state index < -0.39 is 0 Å². The zero-order valence-corrected chi connectivity index (χ0v) is 13.2. The molecule has 0 saturated heterocycles. The third kappa shape index (κ3) is 3.14. The summed E-state index contributed by atoms with van der Waals surface area (Å²) in [6.45, 7) is 2.70. The normalized spacial score (nSPS) is 15.2. The molecule has 2 amide bonds. The van der Waals surface area contributed by atoms with Crippen molar-refractivity contribution in [1.29, 1.82) is 0 Å². The van der Waals surface area contributed by atoms with Crippen molar-refractivity contribution in [3.05, 3.63) is 71.3 Å². The van der Waals surface area contributed by atoms with E-state index in [0.717, 1.165) is 18.4 Å². The van der Waals surface area contributed by atoms with Crippen molar-refractivity contribution in [3.63, 3.8) is 0 Å². The molecule has 2 aromatic rings. The Balaban J connectivity index is 1.65. The van der Waals surface area contributed by atoms with E-state index in [9.17, 15) is 4.79 Å². The van der Waals surface area contributed by atoms with Gasteiger partial charge in [0.15, 0.2) is 0 Å². The number of nitrogens with zero attached hydrogens (tertiary/aromatic N) is 1. The van der Waals surface area contributed by atoms with Crippen molar-refractivity contribution < 1.29 is 4.79 Å². The SMILES string of the molecule is Cc1ccc(C2(NC(=O)N(C)Cc3ccccc3)CC2)cc1. The van der Waals surface area contributed by atoms with Crippen LogP contribution in [-0.2, 0) is 12.1 Å². The summed E-state index contributed by atoms with van der Waals surface area (Å²) in [5, 5.41) is 3.21. The van der Waals surface area contributed by atoms with Gasteiger partial charge < -0.3 is 10.2 Å².